The first kappa shape index (κ1) is 17.3. The fraction of sp³-hybridized carbons (Fsp3) is 0.562. The predicted octanol–water partition coefficient (Wildman–Crippen LogP) is 2.79. The van der Waals surface area contributed by atoms with Crippen LogP contribution in [-0.4, -0.2) is 41.7 Å². The maximum Gasteiger partial charge on any atom is 0.319 e. The number of primary amides is 1. The van der Waals surface area contributed by atoms with Crippen LogP contribution < -0.4 is 10.6 Å². The van der Waals surface area contributed by atoms with Crippen LogP contribution in [0, 0.1) is 0 Å². The Hall–Kier alpha value is -1.75. The van der Waals surface area contributed by atoms with Crippen molar-refractivity contribution in [2.45, 2.75) is 39.7 Å². The minimum absolute atomic E-state index is 0.176. The van der Waals surface area contributed by atoms with Crippen molar-refractivity contribution < 1.29 is 9.90 Å². The van der Waals surface area contributed by atoms with Crippen LogP contribution in [0.2, 0.25) is 0 Å². The molecule has 1 aromatic rings. The zero-order valence-electron chi connectivity index (χ0n) is 13.2. The molecule has 1 atom stereocenters. The van der Waals surface area contributed by atoms with Crippen molar-refractivity contribution in [2.75, 3.05) is 24.5 Å². The second kappa shape index (κ2) is 8.52. The van der Waals surface area contributed by atoms with Crippen molar-refractivity contribution in [1.82, 2.24) is 4.90 Å². The van der Waals surface area contributed by atoms with E-state index in [1.165, 1.54) is 0 Å². The molecule has 0 heterocycles. The van der Waals surface area contributed by atoms with E-state index in [2.05, 4.69) is 25.7 Å². The van der Waals surface area contributed by atoms with Gasteiger partial charge in [0.25, 0.3) is 0 Å². The average molecular weight is 293 g/mol. The molecular formula is C16H27N3O2. The molecule has 0 spiro atoms. The Morgan fingerprint density at radius 2 is 1.81 bits per heavy atom. The monoisotopic (exact) mass is 293 g/mol. The summed E-state index contributed by atoms with van der Waals surface area (Å²) in [6, 6.07) is 6.54. The highest BCUT2D eigenvalue weighted by molar-refractivity contribution is 5.90. The van der Waals surface area contributed by atoms with Gasteiger partial charge in [0.2, 0.25) is 0 Å². The number of anilines is 1. The number of hydrogen-bond donors (Lipinski definition) is 2. The molecule has 0 aliphatic heterocycles. The van der Waals surface area contributed by atoms with Gasteiger partial charge in [-0.2, -0.15) is 0 Å². The lowest BCUT2D eigenvalue weighted by atomic mass is 10.2. The first-order chi connectivity index (χ1) is 9.99. The van der Waals surface area contributed by atoms with E-state index >= 15 is 0 Å². The summed E-state index contributed by atoms with van der Waals surface area (Å²) < 4.78 is 0. The number of amides is 2. The van der Waals surface area contributed by atoms with Crippen molar-refractivity contribution in [2.24, 2.45) is 5.73 Å². The molecular weight excluding hydrogens is 266 g/mol. The van der Waals surface area contributed by atoms with Crippen molar-refractivity contribution in [3.05, 3.63) is 24.3 Å². The summed E-state index contributed by atoms with van der Waals surface area (Å²) in [6.45, 7) is 8.86. The molecule has 0 radical (unpaired) electrons. The molecule has 1 unspecified atom stereocenters. The Labute approximate surface area is 127 Å². The largest absolute Gasteiger partial charge is 0.508 e. The second-order valence-electron chi connectivity index (χ2n) is 5.30. The molecule has 1 aromatic carbocycles. The number of benzene rings is 1. The minimum Gasteiger partial charge on any atom is -0.508 e. The van der Waals surface area contributed by atoms with E-state index in [0.717, 1.165) is 25.9 Å². The van der Waals surface area contributed by atoms with Gasteiger partial charge in [-0.15, -0.1) is 0 Å². The van der Waals surface area contributed by atoms with Gasteiger partial charge in [-0.25, -0.2) is 4.79 Å². The van der Waals surface area contributed by atoms with Gasteiger partial charge in [-0.3, -0.25) is 9.80 Å². The standard InChI is InChI=1S/C16H27N3O2/c1-4-10-18(13(3)5-2)11-12-19(16(17)21)14-6-8-15(20)9-7-14/h6-9,13,20H,4-5,10-12H2,1-3H3,(H2,17,21). The number of carbonyl (C=O) groups is 1. The molecule has 5 nitrogen and oxygen atoms in total. The van der Waals surface area contributed by atoms with E-state index in [0.29, 0.717) is 18.3 Å². The van der Waals surface area contributed by atoms with Crippen LogP contribution in [0.15, 0.2) is 24.3 Å². The molecule has 0 fully saturated rings. The Balaban J connectivity index is 2.74. The lowest BCUT2D eigenvalue weighted by Crippen LogP contribution is -2.44. The predicted molar refractivity (Wildman–Crippen MR) is 86.7 cm³/mol. The van der Waals surface area contributed by atoms with E-state index in [9.17, 15) is 9.90 Å². The SMILES string of the molecule is CCCN(CCN(C(N)=O)c1ccc(O)cc1)C(C)CC. The zero-order chi connectivity index (χ0) is 15.8. The number of nitrogens with zero attached hydrogens (tertiary/aromatic N) is 2. The molecule has 0 aliphatic rings. The average Bonchev–Trinajstić information content (AvgIpc) is 2.47. The zero-order valence-corrected chi connectivity index (χ0v) is 13.2. The third-order valence-electron chi connectivity index (χ3n) is 3.76. The van der Waals surface area contributed by atoms with Gasteiger partial charge in [0.05, 0.1) is 0 Å². The number of rotatable bonds is 8. The Kier molecular flexibility index (Phi) is 7.02. The molecule has 21 heavy (non-hydrogen) atoms. The Bertz CT molecular complexity index is 434. The molecule has 0 saturated carbocycles. The molecule has 0 bridgehead atoms. The Morgan fingerprint density at radius 1 is 1.19 bits per heavy atom. The maximum absolute atomic E-state index is 11.7. The van der Waals surface area contributed by atoms with E-state index in [4.69, 9.17) is 5.73 Å². The smallest absolute Gasteiger partial charge is 0.319 e. The highest BCUT2D eigenvalue weighted by Gasteiger charge is 2.16. The van der Waals surface area contributed by atoms with Crippen LogP contribution in [0.4, 0.5) is 10.5 Å². The summed E-state index contributed by atoms with van der Waals surface area (Å²) in [6.07, 6.45) is 2.16. The van der Waals surface area contributed by atoms with Gasteiger partial charge in [-0.1, -0.05) is 13.8 Å². The van der Waals surface area contributed by atoms with Gasteiger partial charge in [0.1, 0.15) is 5.75 Å². The fourth-order valence-corrected chi connectivity index (χ4v) is 2.33. The summed E-state index contributed by atoms with van der Waals surface area (Å²) in [7, 11) is 0. The minimum atomic E-state index is -0.471. The summed E-state index contributed by atoms with van der Waals surface area (Å²) in [4.78, 5) is 15.6. The van der Waals surface area contributed by atoms with Crippen LogP contribution in [0.1, 0.15) is 33.6 Å². The molecule has 3 N–H and O–H groups in total. The number of carbonyl (C=O) groups excluding carboxylic acids is 1. The number of aromatic hydroxyl groups is 1. The molecule has 2 amide bonds. The van der Waals surface area contributed by atoms with Crippen LogP contribution in [0.3, 0.4) is 0 Å². The third kappa shape index (κ3) is 5.27. The van der Waals surface area contributed by atoms with E-state index in [1.807, 2.05) is 0 Å². The third-order valence-corrected chi connectivity index (χ3v) is 3.76. The number of hydrogen-bond acceptors (Lipinski definition) is 3. The molecule has 0 saturated heterocycles. The van der Waals surface area contributed by atoms with Crippen molar-refractivity contribution >= 4 is 11.7 Å². The lowest BCUT2D eigenvalue weighted by Gasteiger charge is -2.30. The van der Waals surface area contributed by atoms with Crippen molar-refractivity contribution in [3.8, 4) is 5.75 Å². The quantitative estimate of drug-likeness (QED) is 0.774. The number of nitrogens with two attached hydrogens (primary N) is 1. The number of urea groups is 1. The molecule has 0 aromatic heterocycles. The van der Waals surface area contributed by atoms with Crippen molar-refractivity contribution in [1.29, 1.82) is 0 Å². The highest BCUT2D eigenvalue weighted by Crippen LogP contribution is 2.18. The maximum atomic E-state index is 11.7. The number of phenolic OH excluding ortho intramolecular Hbond substituents is 1. The number of phenols is 1. The summed E-state index contributed by atoms with van der Waals surface area (Å²) in [5.41, 5.74) is 6.19. The van der Waals surface area contributed by atoms with Gasteiger partial charge >= 0.3 is 6.03 Å². The lowest BCUT2D eigenvalue weighted by molar-refractivity contribution is 0.207. The van der Waals surface area contributed by atoms with Crippen LogP contribution in [-0.2, 0) is 0 Å². The Morgan fingerprint density at radius 3 is 2.29 bits per heavy atom. The van der Waals surface area contributed by atoms with E-state index in [-0.39, 0.29) is 5.75 Å². The van der Waals surface area contributed by atoms with Gasteiger partial charge < -0.3 is 10.8 Å². The summed E-state index contributed by atoms with van der Waals surface area (Å²) in [5, 5.41) is 9.33. The van der Waals surface area contributed by atoms with Crippen LogP contribution >= 0.6 is 0 Å². The molecule has 118 valence electrons. The molecule has 5 heteroatoms. The molecule has 0 aliphatic carbocycles. The topological polar surface area (TPSA) is 69.8 Å². The van der Waals surface area contributed by atoms with Crippen molar-refractivity contribution in [3.63, 3.8) is 0 Å². The molecule has 1 rings (SSSR count). The summed E-state index contributed by atoms with van der Waals surface area (Å²) in [5.74, 6) is 0.176. The second-order valence-corrected chi connectivity index (χ2v) is 5.30. The normalized spacial score (nSPS) is 12.4. The van der Waals surface area contributed by atoms with Gasteiger partial charge in [0, 0.05) is 24.8 Å². The first-order valence-electron chi connectivity index (χ1n) is 7.59. The van der Waals surface area contributed by atoms with Crippen LogP contribution in [0.25, 0.3) is 0 Å². The fourth-order valence-electron chi connectivity index (χ4n) is 2.33. The first-order valence-corrected chi connectivity index (χ1v) is 7.59. The van der Waals surface area contributed by atoms with Gasteiger partial charge in [-0.05, 0) is 50.6 Å². The van der Waals surface area contributed by atoms with E-state index in [1.54, 1.807) is 29.2 Å². The summed E-state index contributed by atoms with van der Waals surface area (Å²) >= 11 is 0. The van der Waals surface area contributed by atoms with Gasteiger partial charge in [0.15, 0.2) is 0 Å². The highest BCUT2D eigenvalue weighted by atomic mass is 16.3. The van der Waals surface area contributed by atoms with Crippen LogP contribution in [0.5, 0.6) is 5.75 Å². The van der Waals surface area contributed by atoms with E-state index < -0.39 is 6.03 Å².